The van der Waals surface area contributed by atoms with Gasteiger partial charge in [-0.2, -0.15) is 13.2 Å². The normalized spacial score (nSPS) is 11.2. The molecule has 0 N–H and O–H groups in total. The SMILES string of the molecule is COc1cc(C(=O)CBr)ccc1OCc1ccc(C(F)(F)F)nc1. The molecule has 128 valence electrons. The Bertz CT molecular complexity index is 717. The molecule has 0 amide bonds. The lowest BCUT2D eigenvalue weighted by atomic mass is 10.1. The average molecular weight is 404 g/mol. The molecule has 1 heterocycles. The molecule has 0 radical (unpaired) electrons. The van der Waals surface area contributed by atoms with Crippen LogP contribution < -0.4 is 9.47 Å². The number of ether oxygens (including phenoxy) is 2. The molecular formula is C16H13BrF3NO3. The quantitative estimate of drug-likeness (QED) is 0.533. The summed E-state index contributed by atoms with van der Waals surface area (Å²) in [6, 6.07) is 6.90. The average Bonchev–Trinajstić information content (AvgIpc) is 2.58. The fourth-order valence-electron chi connectivity index (χ4n) is 1.88. The van der Waals surface area contributed by atoms with E-state index in [0.717, 1.165) is 12.3 Å². The van der Waals surface area contributed by atoms with E-state index >= 15 is 0 Å². The molecule has 2 rings (SSSR count). The second-order valence-corrected chi connectivity index (χ2v) is 5.32. The van der Waals surface area contributed by atoms with Crippen LogP contribution in [0.5, 0.6) is 11.5 Å². The molecule has 0 saturated carbocycles. The third-order valence-electron chi connectivity index (χ3n) is 3.12. The largest absolute Gasteiger partial charge is 0.493 e. The molecule has 0 atom stereocenters. The molecule has 0 unspecified atom stereocenters. The molecule has 1 aromatic carbocycles. The molecular weight excluding hydrogens is 391 g/mol. The molecule has 4 nitrogen and oxygen atoms in total. The summed E-state index contributed by atoms with van der Waals surface area (Å²) in [5.74, 6) is 0.636. The third-order valence-corrected chi connectivity index (χ3v) is 3.63. The van der Waals surface area contributed by atoms with Crippen LogP contribution in [0.2, 0.25) is 0 Å². The zero-order valence-corrected chi connectivity index (χ0v) is 14.1. The summed E-state index contributed by atoms with van der Waals surface area (Å²) in [6.07, 6.45) is -3.36. The summed E-state index contributed by atoms with van der Waals surface area (Å²) in [5, 5.41) is 0.188. The molecule has 24 heavy (non-hydrogen) atoms. The van der Waals surface area contributed by atoms with Crippen molar-refractivity contribution in [2.75, 3.05) is 12.4 Å². The Kier molecular flexibility index (Phi) is 5.82. The van der Waals surface area contributed by atoms with Crippen LogP contribution in [0.4, 0.5) is 13.2 Å². The van der Waals surface area contributed by atoms with E-state index in [1.807, 2.05) is 0 Å². The number of alkyl halides is 4. The first-order valence-electron chi connectivity index (χ1n) is 6.77. The number of ketones is 1. The fraction of sp³-hybridized carbons (Fsp3) is 0.250. The number of carbonyl (C=O) groups excluding carboxylic acids is 1. The fourth-order valence-corrected chi connectivity index (χ4v) is 2.20. The van der Waals surface area contributed by atoms with E-state index in [2.05, 4.69) is 20.9 Å². The summed E-state index contributed by atoms with van der Waals surface area (Å²) < 4.78 is 48.1. The molecule has 0 aliphatic carbocycles. The van der Waals surface area contributed by atoms with Gasteiger partial charge in [0.2, 0.25) is 0 Å². The Hall–Kier alpha value is -2.09. The van der Waals surface area contributed by atoms with Crippen LogP contribution in [0.3, 0.4) is 0 Å². The van der Waals surface area contributed by atoms with Crippen molar-refractivity contribution in [3.63, 3.8) is 0 Å². The van der Waals surface area contributed by atoms with Gasteiger partial charge in [0.25, 0.3) is 0 Å². The van der Waals surface area contributed by atoms with E-state index in [0.29, 0.717) is 22.6 Å². The topological polar surface area (TPSA) is 48.4 Å². The number of hydrogen-bond acceptors (Lipinski definition) is 4. The van der Waals surface area contributed by atoms with E-state index in [4.69, 9.17) is 9.47 Å². The highest BCUT2D eigenvalue weighted by Gasteiger charge is 2.32. The van der Waals surface area contributed by atoms with Gasteiger partial charge < -0.3 is 9.47 Å². The van der Waals surface area contributed by atoms with E-state index in [1.54, 1.807) is 18.2 Å². The number of Topliss-reactive ketones (excluding diaryl/α,β-unsaturated/α-hetero) is 1. The molecule has 0 aliphatic heterocycles. The first-order chi connectivity index (χ1) is 11.3. The number of methoxy groups -OCH3 is 1. The van der Waals surface area contributed by atoms with Crippen molar-refractivity contribution in [1.82, 2.24) is 4.98 Å². The Morgan fingerprint density at radius 3 is 2.50 bits per heavy atom. The first-order valence-corrected chi connectivity index (χ1v) is 7.89. The minimum absolute atomic E-state index is 0.0211. The smallest absolute Gasteiger partial charge is 0.433 e. The summed E-state index contributed by atoms with van der Waals surface area (Å²) in [7, 11) is 1.43. The van der Waals surface area contributed by atoms with E-state index in [1.165, 1.54) is 13.2 Å². The van der Waals surface area contributed by atoms with Crippen molar-refractivity contribution in [2.45, 2.75) is 12.8 Å². The molecule has 0 saturated heterocycles. The number of pyridine rings is 1. The maximum Gasteiger partial charge on any atom is 0.433 e. The third kappa shape index (κ3) is 4.47. The lowest BCUT2D eigenvalue weighted by molar-refractivity contribution is -0.141. The van der Waals surface area contributed by atoms with Crippen molar-refractivity contribution in [3.8, 4) is 11.5 Å². The summed E-state index contributed by atoms with van der Waals surface area (Å²) in [4.78, 5) is 15.0. The van der Waals surface area contributed by atoms with Gasteiger partial charge in [0.15, 0.2) is 17.3 Å². The van der Waals surface area contributed by atoms with Crippen molar-refractivity contribution in [2.24, 2.45) is 0 Å². The van der Waals surface area contributed by atoms with Gasteiger partial charge in [0.05, 0.1) is 12.4 Å². The summed E-state index contributed by atoms with van der Waals surface area (Å²) in [5.41, 5.74) is -0.0144. The number of aromatic nitrogens is 1. The number of nitrogens with zero attached hydrogens (tertiary/aromatic N) is 1. The van der Waals surface area contributed by atoms with Crippen LogP contribution in [-0.2, 0) is 12.8 Å². The molecule has 2 aromatic rings. The highest BCUT2D eigenvalue weighted by Crippen LogP contribution is 2.30. The van der Waals surface area contributed by atoms with Crippen molar-refractivity contribution < 1.29 is 27.4 Å². The second kappa shape index (κ2) is 7.65. The maximum absolute atomic E-state index is 12.5. The van der Waals surface area contributed by atoms with Crippen LogP contribution in [0, 0.1) is 0 Å². The van der Waals surface area contributed by atoms with E-state index < -0.39 is 11.9 Å². The minimum atomic E-state index is -4.47. The Morgan fingerprint density at radius 1 is 1.21 bits per heavy atom. The van der Waals surface area contributed by atoms with Crippen LogP contribution in [0.25, 0.3) is 0 Å². The van der Waals surface area contributed by atoms with Gasteiger partial charge in [-0.05, 0) is 24.3 Å². The van der Waals surface area contributed by atoms with Crippen molar-refractivity contribution >= 4 is 21.7 Å². The van der Waals surface area contributed by atoms with Crippen molar-refractivity contribution in [1.29, 1.82) is 0 Å². The van der Waals surface area contributed by atoms with Crippen LogP contribution >= 0.6 is 15.9 Å². The molecule has 0 fully saturated rings. The molecule has 0 aliphatic rings. The molecule has 8 heteroatoms. The minimum Gasteiger partial charge on any atom is -0.493 e. The van der Waals surface area contributed by atoms with Gasteiger partial charge in [0.1, 0.15) is 12.3 Å². The highest BCUT2D eigenvalue weighted by atomic mass is 79.9. The maximum atomic E-state index is 12.5. The standard InChI is InChI=1S/C16H13BrF3NO3/c1-23-14-6-11(12(22)7-17)3-4-13(14)24-9-10-2-5-15(21-8-10)16(18,19)20/h2-6,8H,7,9H2,1H3. The lowest BCUT2D eigenvalue weighted by Crippen LogP contribution is -2.08. The highest BCUT2D eigenvalue weighted by molar-refractivity contribution is 9.09. The first kappa shape index (κ1) is 18.3. The summed E-state index contributed by atoms with van der Waals surface area (Å²) >= 11 is 3.09. The molecule has 1 aromatic heterocycles. The van der Waals surface area contributed by atoms with Crippen molar-refractivity contribution in [3.05, 3.63) is 53.3 Å². The van der Waals surface area contributed by atoms with E-state index in [9.17, 15) is 18.0 Å². The van der Waals surface area contributed by atoms with Gasteiger partial charge in [-0.1, -0.05) is 22.0 Å². The Morgan fingerprint density at radius 2 is 1.96 bits per heavy atom. The van der Waals surface area contributed by atoms with Gasteiger partial charge in [-0.15, -0.1) is 0 Å². The number of carbonyl (C=O) groups is 1. The monoisotopic (exact) mass is 403 g/mol. The van der Waals surface area contributed by atoms with E-state index in [-0.39, 0.29) is 17.7 Å². The zero-order valence-electron chi connectivity index (χ0n) is 12.6. The zero-order chi connectivity index (χ0) is 17.7. The van der Waals surface area contributed by atoms with Gasteiger partial charge >= 0.3 is 6.18 Å². The lowest BCUT2D eigenvalue weighted by Gasteiger charge is -2.12. The predicted molar refractivity (Wildman–Crippen MR) is 84.7 cm³/mol. The molecule has 0 bridgehead atoms. The number of hydrogen-bond donors (Lipinski definition) is 0. The summed E-state index contributed by atoms with van der Waals surface area (Å²) in [6.45, 7) is 0.0211. The number of benzene rings is 1. The number of halogens is 4. The van der Waals surface area contributed by atoms with Crippen LogP contribution in [0.1, 0.15) is 21.6 Å². The van der Waals surface area contributed by atoms with Crippen LogP contribution in [-0.4, -0.2) is 23.2 Å². The number of rotatable bonds is 6. The van der Waals surface area contributed by atoms with Gasteiger partial charge in [-0.25, -0.2) is 0 Å². The second-order valence-electron chi connectivity index (χ2n) is 4.76. The molecule has 0 spiro atoms. The van der Waals surface area contributed by atoms with Gasteiger partial charge in [-0.3, -0.25) is 9.78 Å². The van der Waals surface area contributed by atoms with Gasteiger partial charge in [0, 0.05) is 17.3 Å². The van der Waals surface area contributed by atoms with Crippen LogP contribution in [0.15, 0.2) is 36.5 Å². The predicted octanol–water partition coefficient (Wildman–Crippen LogP) is 4.27. The Balaban J connectivity index is 2.10. The Labute approximate surface area is 144 Å².